The van der Waals surface area contributed by atoms with E-state index in [9.17, 15) is 14.0 Å². The third-order valence-electron chi connectivity index (χ3n) is 7.17. The van der Waals surface area contributed by atoms with E-state index in [-0.39, 0.29) is 23.7 Å². The molecule has 0 radical (unpaired) electrons. The number of nitrogens with one attached hydrogen (secondary N) is 1. The molecule has 1 aliphatic rings. The number of aromatic nitrogens is 2. The lowest BCUT2D eigenvalue weighted by Gasteiger charge is -2.17. The highest BCUT2D eigenvalue weighted by Crippen LogP contribution is 2.44. The van der Waals surface area contributed by atoms with Crippen LogP contribution in [0.1, 0.15) is 56.1 Å². The maximum atomic E-state index is 13.3. The first-order valence-electron chi connectivity index (χ1n) is 12.6. The van der Waals surface area contributed by atoms with Crippen molar-refractivity contribution in [1.29, 1.82) is 0 Å². The van der Waals surface area contributed by atoms with Gasteiger partial charge in [-0.15, -0.1) is 0 Å². The molecular weight excluding hydrogens is 495 g/mol. The Morgan fingerprint density at radius 2 is 1.85 bits per heavy atom. The van der Waals surface area contributed by atoms with E-state index in [1.54, 1.807) is 42.6 Å². The summed E-state index contributed by atoms with van der Waals surface area (Å²) in [4.78, 5) is 34.9. The summed E-state index contributed by atoms with van der Waals surface area (Å²) in [5.74, 6) is -0.837. The van der Waals surface area contributed by atoms with Gasteiger partial charge in [0.2, 0.25) is 0 Å². The number of carbonyl (C=O) groups excluding carboxylic acids is 2. The van der Waals surface area contributed by atoms with Crippen LogP contribution in [0.15, 0.2) is 83.4 Å². The number of primary amides is 1. The molecule has 0 aliphatic heterocycles. The smallest absolute Gasteiger partial charge is 0.254 e. The Kier molecular flexibility index (Phi) is 5.95. The van der Waals surface area contributed by atoms with Gasteiger partial charge in [-0.2, -0.15) is 0 Å². The van der Waals surface area contributed by atoms with Gasteiger partial charge in [-0.1, -0.05) is 24.3 Å². The summed E-state index contributed by atoms with van der Waals surface area (Å²) in [5, 5.41) is 3.16. The average molecular weight is 521 g/mol. The molecule has 3 aromatic heterocycles. The summed E-state index contributed by atoms with van der Waals surface area (Å²) in [6.07, 6.45) is 3.66. The minimum atomic E-state index is -0.662. The number of amides is 2. The minimum absolute atomic E-state index is 0.189. The maximum Gasteiger partial charge on any atom is 0.254 e. The van der Waals surface area contributed by atoms with E-state index >= 15 is 0 Å². The molecule has 3 N–H and O–H groups in total. The van der Waals surface area contributed by atoms with Gasteiger partial charge < -0.3 is 15.5 Å². The zero-order valence-electron chi connectivity index (χ0n) is 21.2. The van der Waals surface area contributed by atoms with Crippen molar-refractivity contribution in [3.05, 3.63) is 119 Å². The van der Waals surface area contributed by atoms with Crippen molar-refractivity contribution in [3.63, 3.8) is 0 Å². The van der Waals surface area contributed by atoms with E-state index in [1.165, 1.54) is 12.1 Å². The molecule has 0 unspecified atom stereocenters. The van der Waals surface area contributed by atoms with Crippen molar-refractivity contribution in [1.82, 2.24) is 15.3 Å². The number of carbonyl (C=O) groups is 2. The average Bonchev–Trinajstić information content (AvgIpc) is 3.62. The second-order valence-corrected chi connectivity index (χ2v) is 9.89. The predicted molar refractivity (Wildman–Crippen MR) is 145 cm³/mol. The van der Waals surface area contributed by atoms with Gasteiger partial charge in [0, 0.05) is 23.7 Å². The number of benzene rings is 2. The second kappa shape index (κ2) is 9.47. The topological polar surface area (TPSA) is 111 Å². The second-order valence-electron chi connectivity index (χ2n) is 9.89. The van der Waals surface area contributed by atoms with Crippen LogP contribution in [0.3, 0.4) is 0 Å². The van der Waals surface area contributed by atoms with Crippen molar-refractivity contribution in [2.45, 2.75) is 31.7 Å². The number of fused-ring (bicyclic) bond motifs is 1. The van der Waals surface area contributed by atoms with E-state index in [4.69, 9.17) is 15.1 Å². The van der Waals surface area contributed by atoms with Crippen LogP contribution in [-0.2, 0) is 12.0 Å². The zero-order valence-corrected chi connectivity index (χ0v) is 21.2. The van der Waals surface area contributed by atoms with E-state index in [2.05, 4.69) is 10.3 Å². The monoisotopic (exact) mass is 520 g/mol. The number of hydrogen-bond acceptors (Lipinski definition) is 5. The van der Waals surface area contributed by atoms with Crippen molar-refractivity contribution in [2.24, 2.45) is 5.73 Å². The largest absolute Gasteiger partial charge is 0.458 e. The molecule has 39 heavy (non-hydrogen) atoms. The van der Waals surface area contributed by atoms with E-state index in [1.807, 2.05) is 31.2 Å². The molecule has 5 aromatic rings. The van der Waals surface area contributed by atoms with Crippen LogP contribution in [0.2, 0.25) is 0 Å². The van der Waals surface area contributed by atoms with Gasteiger partial charge in [-0.25, -0.2) is 9.37 Å². The Hall–Kier alpha value is -4.85. The molecule has 1 aliphatic carbocycles. The Morgan fingerprint density at radius 1 is 1.05 bits per heavy atom. The van der Waals surface area contributed by atoms with Crippen molar-refractivity contribution >= 4 is 22.9 Å². The first kappa shape index (κ1) is 24.5. The fourth-order valence-electron chi connectivity index (χ4n) is 4.88. The molecule has 8 heteroatoms. The Labute approximate surface area is 223 Å². The number of furan rings is 1. The number of nitrogens with zero attached hydrogens (tertiary/aromatic N) is 2. The molecule has 1 saturated carbocycles. The fraction of sp³-hybridized carbons (Fsp3) is 0.161. The van der Waals surface area contributed by atoms with Crippen LogP contribution in [-0.4, -0.2) is 21.8 Å². The third kappa shape index (κ3) is 4.65. The summed E-state index contributed by atoms with van der Waals surface area (Å²) >= 11 is 0. The first-order valence-corrected chi connectivity index (χ1v) is 12.6. The highest BCUT2D eigenvalue weighted by atomic mass is 19.1. The Bertz CT molecular complexity index is 1720. The molecule has 2 amide bonds. The zero-order chi connectivity index (χ0) is 27.1. The van der Waals surface area contributed by atoms with Gasteiger partial charge in [0.25, 0.3) is 11.8 Å². The molecule has 0 spiro atoms. The molecule has 0 bridgehead atoms. The highest BCUT2D eigenvalue weighted by Gasteiger charge is 2.47. The molecule has 194 valence electrons. The van der Waals surface area contributed by atoms with E-state index in [0.29, 0.717) is 28.1 Å². The van der Waals surface area contributed by atoms with Gasteiger partial charge in [0.05, 0.1) is 16.9 Å². The fourth-order valence-corrected chi connectivity index (χ4v) is 4.88. The molecule has 3 heterocycles. The molecule has 0 saturated heterocycles. The first-order chi connectivity index (χ1) is 18.8. The van der Waals surface area contributed by atoms with Crippen molar-refractivity contribution in [3.8, 4) is 11.3 Å². The van der Waals surface area contributed by atoms with Crippen LogP contribution in [0.4, 0.5) is 4.39 Å². The molecule has 7 nitrogen and oxygen atoms in total. The molecule has 6 rings (SSSR count). The van der Waals surface area contributed by atoms with Gasteiger partial charge in [0.1, 0.15) is 22.7 Å². The van der Waals surface area contributed by atoms with Crippen LogP contribution < -0.4 is 11.1 Å². The van der Waals surface area contributed by atoms with Crippen LogP contribution in [0, 0.1) is 12.7 Å². The van der Waals surface area contributed by atoms with Gasteiger partial charge >= 0.3 is 0 Å². The van der Waals surface area contributed by atoms with Crippen LogP contribution >= 0.6 is 0 Å². The van der Waals surface area contributed by atoms with Crippen molar-refractivity contribution < 1.29 is 18.4 Å². The standard InChI is InChI=1S/C31H25FN4O3/c1-18-5-8-20(30(38)36-31(13-14-31)26-4-2-3-15-34-26)17-22(18)23-11-12-24-28(35-23)27(29(33)37)25(39-24)16-19-6-9-21(32)10-7-19/h2-12,15,17H,13-14,16H2,1H3,(H2,33,37)(H,36,38). The number of aryl methyl sites for hydroxylation is 1. The van der Waals surface area contributed by atoms with E-state index < -0.39 is 11.4 Å². The number of nitrogens with two attached hydrogens (primary N) is 1. The summed E-state index contributed by atoms with van der Waals surface area (Å²) in [5.41, 5.74) is 10.6. The van der Waals surface area contributed by atoms with Gasteiger partial charge in [-0.3, -0.25) is 14.6 Å². The summed E-state index contributed by atoms with van der Waals surface area (Å²) in [7, 11) is 0. The van der Waals surface area contributed by atoms with Gasteiger partial charge in [0.15, 0.2) is 5.58 Å². The number of hydrogen-bond donors (Lipinski definition) is 2. The summed E-state index contributed by atoms with van der Waals surface area (Å²) < 4.78 is 19.3. The lowest BCUT2D eigenvalue weighted by atomic mass is 10.0. The quantitative estimate of drug-likeness (QED) is 0.297. The Morgan fingerprint density at radius 3 is 2.54 bits per heavy atom. The lowest BCUT2D eigenvalue weighted by molar-refractivity contribution is 0.0928. The molecule has 0 atom stereocenters. The number of halogens is 1. The minimum Gasteiger partial charge on any atom is -0.458 e. The maximum absolute atomic E-state index is 13.3. The summed E-state index contributed by atoms with van der Waals surface area (Å²) in [6.45, 7) is 1.93. The lowest BCUT2D eigenvalue weighted by Crippen LogP contribution is -2.35. The number of pyridine rings is 2. The SMILES string of the molecule is Cc1ccc(C(=O)NC2(c3ccccn3)CC2)cc1-c1ccc2oc(Cc3ccc(F)cc3)c(C(N)=O)c2n1. The van der Waals surface area contributed by atoms with Crippen LogP contribution in [0.5, 0.6) is 0 Å². The normalized spacial score (nSPS) is 13.8. The Balaban J connectivity index is 1.34. The molecule has 1 fully saturated rings. The number of rotatable bonds is 7. The highest BCUT2D eigenvalue weighted by molar-refractivity contribution is 6.05. The predicted octanol–water partition coefficient (Wildman–Crippen LogP) is 5.45. The van der Waals surface area contributed by atoms with E-state index in [0.717, 1.165) is 35.2 Å². The summed E-state index contributed by atoms with van der Waals surface area (Å²) in [6, 6.07) is 20.7. The third-order valence-corrected chi connectivity index (χ3v) is 7.17. The van der Waals surface area contributed by atoms with Gasteiger partial charge in [-0.05, 0) is 79.4 Å². The molecular formula is C31H25FN4O3. The molecule has 2 aromatic carbocycles. The van der Waals surface area contributed by atoms with Crippen LogP contribution in [0.25, 0.3) is 22.4 Å². The van der Waals surface area contributed by atoms with Crippen molar-refractivity contribution in [2.75, 3.05) is 0 Å².